The molecule has 0 fully saturated rings. The Morgan fingerprint density at radius 3 is 2.37 bits per heavy atom. The minimum absolute atomic E-state index is 0.212. The minimum atomic E-state index is 0.212. The Kier molecular flexibility index (Phi) is 4.86. The normalized spacial score (nSPS) is 10.5. The number of anilines is 1. The van der Waals surface area contributed by atoms with Gasteiger partial charge < -0.3 is 10.1 Å². The Labute approximate surface area is 122 Å². The third-order valence-corrected chi connectivity index (χ3v) is 3.34. The van der Waals surface area contributed by atoms with E-state index in [2.05, 4.69) is 39.4 Å². The Morgan fingerprint density at radius 2 is 1.74 bits per heavy atom. The van der Waals surface area contributed by atoms with Crippen molar-refractivity contribution in [2.45, 2.75) is 26.5 Å². The largest absolute Gasteiger partial charge is 0.491 e. The number of nitrogens with one attached hydrogen (secondary N) is 1. The van der Waals surface area contributed by atoms with Crippen LogP contribution in [-0.2, 0) is 6.54 Å². The van der Waals surface area contributed by atoms with E-state index in [0.717, 1.165) is 22.5 Å². The van der Waals surface area contributed by atoms with Crippen molar-refractivity contribution in [3.8, 4) is 5.75 Å². The molecule has 0 atom stereocenters. The van der Waals surface area contributed by atoms with Gasteiger partial charge in [-0.2, -0.15) is 0 Å². The van der Waals surface area contributed by atoms with Crippen LogP contribution in [0.4, 0.5) is 5.69 Å². The molecule has 0 heterocycles. The molecule has 0 unspecified atom stereocenters. The molecule has 0 aliphatic rings. The standard InChI is InChI=1S/C16H18BrNO/c1-12(2)19-14-9-7-13(8-10-14)11-18-16-6-4-3-5-15(16)17/h3-10,12,18H,11H2,1-2H3. The first-order chi connectivity index (χ1) is 9.15. The molecule has 2 nitrogen and oxygen atoms in total. The van der Waals surface area contributed by atoms with E-state index in [-0.39, 0.29) is 6.10 Å². The molecular weight excluding hydrogens is 302 g/mol. The van der Waals surface area contributed by atoms with Crippen LogP contribution in [0.1, 0.15) is 19.4 Å². The molecule has 19 heavy (non-hydrogen) atoms. The molecule has 100 valence electrons. The van der Waals surface area contributed by atoms with Gasteiger partial charge in [0.15, 0.2) is 0 Å². The van der Waals surface area contributed by atoms with E-state index in [1.807, 2.05) is 44.2 Å². The molecule has 0 bridgehead atoms. The summed E-state index contributed by atoms with van der Waals surface area (Å²) in [6.07, 6.45) is 0.212. The molecule has 0 spiro atoms. The van der Waals surface area contributed by atoms with Gasteiger partial charge in [0, 0.05) is 16.7 Å². The summed E-state index contributed by atoms with van der Waals surface area (Å²) in [4.78, 5) is 0. The van der Waals surface area contributed by atoms with E-state index in [0.29, 0.717) is 0 Å². The third-order valence-electron chi connectivity index (χ3n) is 2.65. The Balaban J connectivity index is 1.95. The molecule has 0 aliphatic carbocycles. The van der Waals surface area contributed by atoms with Crippen LogP contribution in [0.3, 0.4) is 0 Å². The van der Waals surface area contributed by atoms with Gasteiger partial charge in [-0.25, -0.2) is 0 Å². The maximum Gasteiger partial charge on any atom is 0.119 e. The van der Waals surface area contributed by atoms with Gasteiger partial charge in [0.25, 0.3) is 0 Å². The summed E-state index contributed by atoms with van der Waals surface area (Å²) < 4.78 is 6.70. The lowest BCUT2D eigenvalue weighted by molar-refractivity contribution is 0.242. The van der Waals surface area contributed by atoms with Gasteiger partial charge in [-0.1, -0.05) is 24.3 Å². The molecule has 0 aliphatic heterocycles. The van der Waals surface area contributed by atoms with Crippen molar-refractivity contribution in [2.24, 2.45) is 0 Å². The Bertz CT molecular complexity index is 523. The molecule has 2 aromatic carbocycles. The average Bonchev–Trinajstić information content (AvgIpc) is 2.39. The summed E-state index contributed by atoms with van der Waals surface area (Å²) in [7, 11) is 0. The first-order valence-corrected chi connectivity index (χ1v) is 7.18. The van der Waals surface area contributed by atoms with Gasteiger partial charge in [-0.05, 0) is 59.6 Å². The fourth-order valence-electron chi connectivity index (χ4n) is 1.76. The number of para-hydroxylation sites is 1. The van der Waals surface area contributed by atoms with Crippen LogP contribution in [-0.4, -0.2) is 6.10 Å². The maximum absolute atomic E-state index is 5.62. The lowest BCUT2D eigenvalue weighted by Crippen LogP contribution is -2.05. The minimum Gasteiger partial charge on any atom is -0.491 e. The summed E-state index contributed by atoms with van der Waals surface area (Å²) >= 11 is 3.53. The van der Waals surface area contributed by atoms with Crippen molar-refractivity contribution in [1.82, 2.24) is 0 Å². The van der Waals surface area contributed by atoms with E-state index < -0.39 is 0 Å². The zero-order chi connectivity index (χ0) is 13.7. The number of hydrogen-bond acceptors (Lipinski definition) is 2. The average molecular weight is 320 g/mol. The molecule has 0 amide bonds. The number of hydrogen-bond donors (Lipinski definition) is 1. The van der Waals surface area contributed by atoms with Crippen molar-refractivity contribution < 1.29 is 4.74 Å². The van der Waals surface area contributed by atoms with Crippen molar-refractivity contribution in [3.63, 3.8) is 0 Å². The highest BCUT2D eigenvalue weighted by atomic mass is 79.9. The van der Waals surface area contributed by atoms with Gasteiger partial charge >= 0.3 is 0 Å². The highest BCUT2D eigenvalue weighted by Crippen LogP contribution is 2.22. The fraction of sp³-hybridized carbons (Fsp3) is 0.250. The van der Waals surface area contributed by atoms with Gasteiger partial charge in [-0.15, -0.1) is 0 Å². The lowest BCUT2D eigenvalue weighted by Gasteiger charge is -2.11. The SMILES string of the molecule is CC(C)Oc1ccc(CNc2ccccc2Br)cc1. The number of ether oxygens (including phenoxy) is 1. The van der Waals surface area contributed by atoms with Crippen LogP contribution < -0.4 is 10.1 Å². The lowest BCUT2D eigenvalue weighted by atomic mass is 10.2. The van der Waals surface area contributed by atoms with Crippen LogP contribution in [0.25, 0.3) is 0 Å². The monoisotopic (exact) mass is 319 g/mol. The Hall–Kier alpha value is -1.48. The third kappa shape index (κ3) is 4.28. The zero-order valence-corrected chi connectivity index (χ0v) is 12.8. The molecule has 1 N–H and O–H groups in total. The molecule has 2 rings (SSSR count). The summed E-state index contributed by atoms with van der Waals surface area (Å²) in [5, 5.41) is 3.40. The van der Waals surface area contributed by atoms with Crippen LogP contribution in [0.2, 0.25) is 0 Å². The topological polar surface area (TPSA) is 21.3 Å². The second-order valence-electron chi connectivity index (χ2n) is 4.64. The fourth-order valence-corrected chi connectivity index (χ4v) is 2.18. The van der Waals surface area contributed by atoms with Crippen molar-refractivity contribution in [3.05, 3.63) is 58.6 Å². The van der Waals surface area contributed by atoms with E-state index in [1.54, 1.807) is 0 Å². The van der Waals surface area contributed by atoms with Crippen LogP contribution in [0.15, 0.2) is 53.0 Å². The predicted octanol–water partition coefficient (Wildman–Crippen LogP) is 4.85. The summed E-state index contributed by atoms with van der Waals surface area (Å²) in [5.41, 5.74) is 2.33. The number of benzene rings is 2. The first kappa shape index (κ1) is 13.9. The van der Waals surface area contributed by atoms with Gasteiger partial charge in [-0.3, -0.25) is 0 Å². The number of rotatable bonds is 5. The van der Waals surface area contributed by atoms with Gasteiger partial charge in [0.2, 0.25) is 0 Å². The predicted molar refractivity (Wildman–Crippen MR) is 83.7 cm³/mol. The van der Waals surface area contributed by atoms with E-state index in [9.17, 15) is 0 Å². The van der Waals surface area contributed by atoms with E-state index >= 15 is 0 Å². The summed E-state index contributed by atoms with van der Waals surface area (Å²) in [6.45, 7) is 4.86. The van der Waals surface area contributed by atoms with E-state index in [4.69, 9.17) is 4.74 Å². The molecule has 3 heteroatoms. The van der Waals surface area contributed by atoms with Crippen molar-refractivity contribution >= 4 is 21.6 Å². The van der Waals surface area contributed by atoms with Gasteiger partial charge in [0.05, 0.1) is 6.10 Å². The molecule has 0 aromatic heterocycles. The number of halogens is 1. The van der Waals surface area contributed by atoms with E-state index in [1.165, 1.54) is 5.56 Å². The molecule has 0 radical (unpaired) electrons. The van der Waals surface area contributed by atoms with Crippen LogP contribution in [0.5, 0.6) is 5.75 Å². The Morgan fingerprint density at radius 1 is 1.05 bits per heavy atom. The zero-order valence-electron chi connectivity index (χ0n) is 11.2. The van der Waals surface area contributed by atoms with Crippen LogP contribution >= 0.6 is 15.9 Å². The summed E-state index contributed by atoms with van der Waals surface area (Å²) in [5.74, 6) is 0.916. The second-order valence-corrected chi connectivity index (χ2v) is 5.50. The maximum atomic E-state index is 5.62. The molecule has 2 aromatic rings. The second kappa shape index (κ2) is 6.62. The van der Waals surface area contributed by atoms with Gasteiger partial charge in [0.1, 0.15) is 5.75 Å². The first-order valence-electron chi connectivity index (χ1n) is 6.39. The quantitative estimate of drug-likeness (QED) is 0.850. The summed E-state index contributed by atoms with van der Waals surface area (Å²) in [6, 6.07) is 16.3. The smallest absolute Gasteiger partial charge is 0.119 e. The van der Waals surface area contributed by atoms with Crippen LogP contribution in [0, 0.1) is 0 Å². The highest BCUT2D eigenvalue weighted by molar-refractivity contribution is 9.10. The van der Waals surface area contributed by atoms with Crippen molar-refractivity contribution in [1.29, 1.82) is 0 Å². The molecule has 0 saturated carbocycles. The molecular formula is C16H18BrNO. The molecule has 0 saturated heterocycles. The van der Waals surface area contributed by atoms with Crippen molar-refractivity contribution in [2.75, 3.05) is 5.32 Å². The highest BCUT2D eigenvalue weighted by Gasteiger charge is 2.00.